The van der Waals surface area contributed by atoms with Crippen molar-refractivity contribution in [2.45, 2.75) is 26.0 Å². The maximum Gasteiger partial charge on any atom is 0.347 e. The SMILES string of the molecule is C[C@H](Oc1ccccc1)C(=O)OCC(=O)N(C)[C@H](C)c1nc2ccccc2s1. The zero-order chi connectivity index (χ0) is 20.1. The summed E-state index contributed by atoms with van der Waals surface area (Å²) < 4.78 is 11.7. The molecule has 0 saturated heterocycles. The van der Waals surface area contributed by atoms with Crippen LogP contribution in [-0.2, 0) is 14.3 Å². The highest BCUT2D eigenvalue weighted by Gasteiger charge is 2.23. The highest BCUT2D eigenvalue weighted by Crippen LogP contribution is 2.28. The van der Waals surface area contributed by atoms with Crippen LogP contribution in [0.3, 0.4) is 0 Å². The number of esters is 1. The second kappa shape index (κ2) is 8.84. The van der Waals surface area contributed by atoms with Crippen molar-refractivity contribution in [3.8, 4) is 5.75 Å². The number of carbonyl (C=O) groups is 2. The van der Waals surface area contributed by atoms with E-state index >= 15 is 0 Å². The minimum atomic E-state index is -0.804. The van der Waals surface area contributed by atoms with Gasteiger partial charge in [0.2, 0.25) is 0 Å². The number of fused-ring (bicyclic) bond motifs is 1. The van der Waals surface area contributed by atoms with Gasteiger partial charge in [0.1, 0.15) is 10.8 Å². The predicted octanol–water partition coefficient (Wildman–Crippen LogP) is 3.83. The van der Waals surface area contributed by atoms with Crippen molar-refractivity contribution in [1.82, 2.24) is 9.88 Å². The van der Waals surface area contributed by atoms with Gasteiger partial charge >= 0.3 is 5.97 Å². The average Bonchev–Trinajstić information content (AvgIpc) is 3.15. The smallest absolute Gasteiger partial charge is 0.347 e. The van der Waals surface area contributed by atoms with Gasteiger partial charge in [-0.15, -0.1) is 11.3 Å². The molecule has 0 aliphatic rings. The van der Waals surface area contributed by atoms with Gasteiger partial charge in [-0.25, -0.2) is 9.78 Å². The van der Waals surface area contributed by atoms with E-state index in [0.717, 1.165) is 15.2 Å². The van der Waals surface area contributed by atoms with E-state index in [1.165, 1.54) is 4.90 Å². The fourth-order valence-corrected chi connectivity index (χ4v) is 3.62. The Balaban J connectivity index is 1.53. The molecule has 146 valence electrons. The molecule has 3 aromatic rings. The Morgan fingerprint density at radius 1 is 1.07 bits per heavy atom. The Bertz CT molecular complexity index is 924. The summed E-state index contributed by atoms with van der Waals surface area (Å²) in [7, 11) is 1.68. The molecule has 7 heteroatoms. The number of hydrogen-bond acceptors (Lipinski definition) is 6. The minimum absolute atomic E-state index is 0.221. The Morgan fingerprint density at radius 3 is 2.46 bits per heavy atom. The van der Waals surface area contributed by atoms with E-state index in [1.54, 1.807) is 37.4 Å². The first-order chi connectivity index (χ1) is 13.5. The number of rotatable bonds is 7. The van der Waals surface area contributed by atoms with Crippen molar-refractivity contribution in [3.05, 3.63) is 59.6 Å². The van der Waals surface area contributed by atoms with Gasteiger partial charge in [0.25, 0.3) is 5.91 Å². The van der Waals surface area contributed by atoms with Gasteiger partial charge in [-0.2, -0.15) is 0 Å². The van der Waals surface area contributed by atoms with Crippen molar-refractivity contribution >= 4 is 33.4 Å². The van der Waals surface area contributed by atoms with E-state index in [2.05, 4.69) is 4.98 Å². The van der Waals surface area contributed by atoms with Gasteiger partial charge in [0.05, 0.1) is 16.3 Å². The number of nitrogens with zero attached hydrogens (tertiary/aromatic N) is 2. The third-order valence-electron chi connectivity index (χ3n) is 4.37. The standard InChI is InChI=1S/C21H22N2O4S/c1-14(20-22-17-11-7-8-12-18(17)28-20)23(3)19(24)13-26-21(25)15(2)27-16-9-5-4-6-10-16/h4-12,14-15H,13H2,1-3H3/t14-,15+/m1/s1. The Morgan fingerprint density at radius 2 is 1.75 bits per heavy atom. The first-order valence-corrected chi connectivity index (χ1v) is 9.77. The van der Waals surface area contributed by atoms with Crippen molar-refractivity contribution in [2.75, 3.05) is 13.7 Å². The topological polar surface area (TPSA) is 68.7 Å². The predicted molar refractivity (Wildman–Crippen MR) is 108 cm³/mol. The molecule has 1 amide bonds. The molecule has 0 spiro atoms. The summed E-state index contributed by atoms with van der Waals surface area (Å²) in [6.45, 7) is 3.15. The Labute approximate surface area is 167 Å². The van der Waals surface area contributed by atoms with Crippen LogP contribution < -0.4 is 4.74 Å². The highest BCUT2D eigenvalue weighted by atomic mass is 32.1. The molecule has 0 saturated carbocycles. The molecular weight excluding hydrogens is 376 g/mol. The van der Waals surface area contributed by atoms with Crippen LogP contribution in [0.15, 0.2) is 54.6 Å². The van der Waals surface area contributed by atoms with Crippen LogP contribution in [0.1, 0.15) is 24.9 Å². The lowest BCUT2D eigenvalue weighted by Gasteiger charge is -2.23. The number of carbonyl (C=O) groups excluding carboxylic acids is 2. The number of benzene rings is 2. The van der Waals surface area contributed by atoms with Crippen LogP contribution in [0.4, 0.5) is 0 Å². The summed E-state index contributed by atoms with van der Waals surface area (Å²) in [5.41, 5.74) is 0.911. The third-order valence-corrected chi connectivity index (χ3v) is 5.57. The van der Waals surface area contributed by atoms with Crippen LogP contribution in [0, 0.1) is 0 Å². The number of amides is 1. The van der Waals surface area contributed by atoms with E-state index in [0.29, 0.717) is 5.75 Å². The Hall–Kier alpha value is -2.93. The average molecular weight is 398 g/mol. The van der Waals surface area contributed by atoms with E-state index in [4.69, 9.17) is 9.47 Å². The summed E-state index contributed by atoms with van der Waals surface area (Å²) in [6.07, 6.45) is -0.804. The van der Waals surface area contributed by atoms with Crippen LogP contribution in [0.25, 0.3) is 10.2 Å². The maximum atomic E-state index is 12.4. The normalized spacial score (nSPS) is 13.0. The second-order valence-electron chi connectivity index (χ2n) is 6.38. The number of para-hydroxylation sites is 2. The summed E-state index contributed by atoms with van der Waals surface area (Å²) in [6, 6.07) is 16.6. The van der Waals surface area contributed by atoms with E-state index in [9.17, 15) is 9.59 Å². The van der Waals surface area contributed by atoms with Gasteiger partial charge in [-0.3, -0.25) is 4.79 Å². The molecule has 28 heavy (non-hydrogen) atoms. The van der Waals surface area contributed by atoms with Gasteiger partial charge in [0.15, 0.2) is 12.7 Å². The van der Waals surface area contributed by atoms with Gasteiger partial charge < -0.3 is 14.4 Å². The largest absolute Gasteiger partial charge is 0.479 e. The van der Waals surface area contributed by atoms with Gasteiger partial charge in [0, 0.05) is 7.05 Å². The minimum Gasteiger partial charge on any atom is -0.479 e. The first-order valence-electron chi connectivity index (χ1n) is 8.95. The van der Waals surface area contributed by atoms with Gasteiger partial charge in [-0.05, 0) is 38.1 Å². The lowest BCUT2D eigenvalue weighted by Crippen LogP contribution is -2.35. The lowest BCUT2D eigenvalue weighted by molar-refractivity contribution is -0.157. The van der Waals surface area contributed by atoms with E-state index < -0.39 is 12.1 Å². The number of thiazole rings is 1. The molecule has 6 nitrogen and oxygen atoms in total. The molecule has 0 unspecified atom stereocenters. The molecule has 1 heterocycles. The van der Waals surface area contributed by atoms with Crippen molar-refractivity contribution in [1.29, 1.82) is 0 Å². The fourth-order valence-electron chi connectivity index (χ4n) is 2.55. The molecule has 0 aliphatic carbocycles. The van der Waals surface area contributed by atoms with Crippen LogP contribution in [-0.4, -0.2) is 41.5 Å². The molecule has 3 rings (SSSR count). The highest BCUT2D eigenvalue weighted by molar-refractivity contribution is 7.18. The van der Waals surface area contributed by atoms with Gasteiger partial charge in [-0.1, -0.05) is 30.3 Å². The number of ether oxygens (including phenoxy) is 2. The van der Waals surface area contributed by atoms with E-state index in [1.807, 2.05) is 49.4 Å². The molecule has 0 aliphatic heterocycles. The number of likely N-dealkylation sites (N-methyl/N-ethyl adjacent to an activating group) is 1. The summed E-state index contributed by atoms with van der Waals surface area (Å²) >= 11 is 1.55. The molecular formula is C21H22N2O4S. The molecule has 2 atom stereocenters. The van der Waals surface area contributed by atoms with Crippen molar-refractivity contribution in [2.24, 2.45) is 0 Å². The van der Waals surface area contributed by atoms with E-state index in [-0.39, 0.29) is 18.6 Å². The molecule has 0 fully saturated rings. The fraction of sp³-hybridized carbons (Fsp3) is 0.286. The zero-order valence-corrected chi connectivity index (χ0v) is 16.8. The maximum absolute atomic E-state index is 12.4. The van der Waals surface area contributed by atoms with Crippen molar-refractivity contribution in [3.63, 3.8) is 0 Å². The first kappa shape index (κ1) is 19.8. The molecule has 0 radical (unpaired) electrons. The van der Waals surface area contributed by atoms with Crippen molar-refractivity contribution < 1.29 is 19.1 Å². The van der Waals surface area contributed by atoms with Crippen LogP contribution >= 0.6 is 11.3 Å². The Kier molecular flexibility index (Phi) is 6.26. The quantitative estimate of drug-likeness (QED) is 0.566. The number of aromatic nitrogens is 1. The molecule has 0 N–H and O–H groups in total. The monoisotopic (exact) mass is 398 g/mol. The summed E-state index contributed by atoms with van der Waals surface area (Å²) in [5, 5.41) is 0.837. The third kappa shape index (κ3) is 4.67. The zero-order valence-electron chi connectivity index (χ0n) is 16.0. The lowest BCUT2D eigenvalue weighted by atomic mass is 10.3. The van der Waals surface area contributed by atoms with Crippen LogP contribution in [0.2, 0.25) is 0 Å². The number of hydrogen-bond donors (Lipinski definition) is 0. The molecule has 1 aromatic heterocycles. The second-order valence-corrected chi connectivity index (χ2v) is 7.44. The summed E-state index contributed by atoms with van der Waals surface area (Å²) in [4.78, 5) is 30.7. The molecule has 2 aromatic carbocycles. The molecule has 0 bridgehead atoms. The van der Waals surface area contributed by atoms with Crippen LogP contribution in [0.5, 0.6) is 5.75 Å². The summed E-state index contributed by atoms with van der Waals surface area (Å²) in [5.74, 6) is -0.315.